The lowest BCUT2D eigenvalue weighted by Gasteiger charge is -2.27. The number of piperidine rings is 1. The number of aryl methyl sites for hydroxylation is 2. The number of likely N-dealkylation sites (tertiary alicyclic amines) is 1. The van der Waals surface area contributed by atoms with E-state index in [9.17, 15) is 4.79 Å². The van der Waals surface area contributed by atoms with Crippen LogP contribution in [0.2, 0.25) is 0 Å². The number of carbonyl (C=O) groups is 1. The van der Waals surface area contributed by atoms with Gasteiger partial charge in [0.25, 0.3) is 5.91 Å². The molecule has 0 radical (unpaired) electrons. The van der Waals surface area contributed by atoms with Crippen LogP contribution in [0.3, 0.4) is 0 Å². The highest BCUT2D eigenvalue weighted by Crippen LogP contribution is 2.43. The predicted octanol–water partition coefficient (Wildman–Crippen LogP) is 5.32. The molecule has 5 heterocycles. The Morgan fingerprint density at radius 3 is 2.74 bits per heavy atom. The first-order chi connectivity index (χ1) is 21.0. The third kappa shape index (κ3) is 6.11. The first kappa shape index (κ1) is 27.9. The van der Waals surface area contributed by atoms with Crippen molar-refractivity contribution >= 4 is 28.9 Å². The van der Waals surface area contributed by atoms with E-state index in [1.807, 2.05) is 14.0 Å². The summed E-state index contributed by atoms with van der Waals surface area (Å²) in [5.41, 5.74) is 5.85. The van der Waals surface area contributed by atoms with Crippen molar-refractivity contribution in [3.05, 3.63) is 47.8 Å². The summed E-state index contributed by atoms with van der Waals surface area (Å²) in [7, 11) is 1.88. The van der Waals surface area contributed by atoms with Crippen molar-refractivity contribution in [1.82, 2.24) is 19.7 Å². The zero-order valence-corrected chi connectivity index (χ0v) is 25.3. The van der Waals surface area contributed by atoms with Crippen LogP contribution >= 0.6 is 0 Å². The Balaban J connectivity index is 1.20. The SMILES string of the molecule is Cc1cc2cc(n1)-c1cnn(C)c1OCCCC(C1CC1)CN1/C(=N/C2=O)Nc2ccc(NCCN3CCCCC3)cc21. The molecule has 7 rings (SSSR count). The molecule has 1 saturated carbocycles. The second-order valence-electron chi connectivity index (χ2n) is 12.5. The Kier molecular flexibility index (Phi) is 7.78. The first-order valence-electron chi connectivity index (χ1n) is 15.9. The average Bonchev–Trinajstić information content (AvgIpc) is 3.71. The lowest BCUT2D eigenvalue weighted by Crippen LogP contribution is -2.36. The van der Waals surface area contributed by atoms with Crippen molar-refractivity contribution in [2.24, 2.45) is 23.9 Å². The molecule has 1 saturated heterocycles. The van der Waals surface area contributed by atoms with E-state index in [4.69, 9.17) is 14.7 Å². The number of carbonyl (C=O) groups excluding carboxylic acids is 1. The number of aliphatic imine (C=N–C) groups is 1. The minimum absolute atomic E-state index is 0.295. The first-order valence-corrected chi connectivity index (χ1v) is 15.9. The van der Waals surface area contributed by atoms with Gasteiger partial charge in [0.15, 0.2) is 0 Å². The number of benzene rings is 1. The van der Waals surface area contributed by atoms with Crippen LogP contribution in [0.4, 0.5) is 17.1 Å². The van der Waals surface area contributed by atoms with Crippen LogP contribution in [0.5, 0.6) is 5.88 Å². The summed E-state index contributed by atoms with van der Waals surface area (Å²) < 4.78 is 8.04. The number of amides is 1. The average molecular weight is 583 g/mol. The number of hydrogen-bond donors (Lipinski definition) is 2. The molecule has 1 atom stereocenters. The molecule has 1 unspecified atom stereocenters. The molecular weight excluding hydrogens is 540 g/mol. The monoisotopic (exact) mass is 582 g/mol. The van der Waals surface area contributed by atoms with E-state index >= 15 is 0 Å². The third-order valence-electron chi connectivity index (χ3n) is 9.23. The second-order valence-corrected chi connectivity index (χ2v) is 12.5. The fraction of sp³-hybridized carbons (Fsp3) is 0.515. The van der Waals surface area contributed by atoms with Gasteiger partial charge < -0.3 is 25.2 Å². The molecule has 1 aliphatic carbocycles. The quantitative estimate of drug-likeness (QED) is 0.417. The highest BCUT2D eigenvalue weighted by molar-refractivity contribution is 6.19. The maximum absolute atomic E-state index is 13.7. The molecule has 10 nitrogen and oxygen atoms in total. The highest BCUT2D eigenvalue weighted by Gasteiger charge is 2.36. The number of guanidine groups is 1. The molecule has 3 aliphatic heterocycles. The third-order valence-corrected chi connectivity index (χ3v) is 9.23. The lowest BCUT2D eigenvalue weighted by atomic mass is 9.97. The maximum atomic E-state index is 13.7. The Labute approximate surface area is 253 Å². The molecule has 43 heavy (non-hydrogen) atoms. The number of ether oxygens (including phenoxy) is 1. The van der Waals surface area contributed by atoms with Crippen LogP contribution in [0.15, 0.2) is 41.5 Å². The number of nitrogens with zero attached hydrogens (tertiary/aromatic N) is 6. The molecule has 10 heteroatoms. The Bertz CT molecular complexity index is 1520. The van der Waals surface area contributed by atoms with Gasteiger partial charge in [0, 0.05) is 43.6 Å². The van der Waals surface area contributed by atoms with Crippen molar-refractivity contribution in [1.29, 1.82) is 0 Å². The maximum Gasteiger partial charge on any atom is 0.280 e. The van der Waals surface area contributed by atoms with E-state index in [-0.39, 0.29) is 5.91 Å². The Morgan fingerprint density at radius 2 is 1.91 bits per heavy atom. The van der Waals surface area contributed by atoms with Crippen LogP contribution in [0, 0.1) is 18.8 Å². The molecule has 2 fully saturated rings. The summed E-state index contributed by atoms with van der Waals surface area (Å²) in [6.07, 6.45) is 10.2. The summed E-state index contributed by atoms with van der Waals surface area (Å²) in [5.74, 6) is 2.15. The standard InChI is InChI=1S/C33H42N8O2/c1-22-17-25-18-29(36-22)27-20-35-39(2)32(27)43-16-6-7-24(23-8-9-23)21-41-30-19-26(34-12-15-40-13-4-3-5-14-40)10-11-28(30)37-33(41)38-31(25)42/h10-11,17-20,23-24,34H,3-9,12-16,21H2,1-2H3,(H,37,38,42). The molecule has 226 valence electrons. The minimum atomic E-state index is -0.295. The highest BCUT2D eigenvalue weighted by atomic mass is 16.5. The summed E-state index contributed by atoms with van der Waals surface area (Å²) in [4.78, 5) is 27.9. The van der Waals surface area contributed by atoms with Crippen molar-refractivity contribution in [2.75, 3.05) is 54.9 Å². The Morgan fingerprint density at radius 1 is 1.05 bits per heavy atom. The lowest BCUT2D eigenvalue weighted by molar-refractivity contribution is 0.100. The number of fused-ring (bicyclic) bond motifs is 7. The van der Waals surface area contributed by atoms with Crippen LogP contribution in [-0.4, -0.2) is 70.9 Å². The van der Waals surface area contributed by atoms with Crippen LogP contribution < -0.4 is 20.3 Å². The van der Waals surface area contributed by atoms with E-state index in [0.29, 0.717) is 41.5 Å². The van der Waals surface area contributed by atoms with Gasteiger partial charge in [0.05, 0.1) is 35.4 Å². The molecule has 1 amide bonds. The van der Waals surface area contributed by atoms with Gasteiger partial charge in [-0.1, -0.05) is 6.42 Å². The zero-order valence-electron chi connectivity index (χ0n) is 25.3. The second kappa shape index (κ2) is 12.0. The minimum Gasteiger partial charge on any atom is -0.477 e. The van der Waals surface area contributed by atoms with Gasteiger partial charge in [-0.15, -0.1) is 0 Å². The van der Waals surface area contributed by atoms with Gasteiger partial charge >= 0.3 is 0 Å². The van der Waals surface area contributed by atoms with Gasteiger partial charge in [0.2, 0.25) is 11.8 Å². The van der Waals surface area contributed by atoms with Crippen LogP contribution in [0.25, 0.3) is 11.3 Å². The smallest absolute Gasteiger partial charge is 0.280 e. The van der Waals surface area contributed by atoms with Gasteiger partial charge in [-0.05, 0) is 101 Å². The predicted molar refractivity (Wildman–Crippen MR) is 170 cm³/mol. The van der Waals surface area contributed by atoms with Gasteiger partial charge in [-0.25, -0.2) is 4.68 Å². The summed E-state index contributed by atoms with van der Waals surface area (Å²) >= 11 is 0. The normalized spacial score (nSPS) is 22.2. The largest absolute Gasteiger partial charge is 0.477 e. The molecule has 0 spiro atoms. The van der Waals surface area contributed by atoms with E-state index < -0.39 is 0 Å². The molecule has 2 aromatic heterocycles. The molecule has 1 aromatic carbocycles. The van der Waals surface area contributed by atoms with Crippen LogP contribution in [-0.2, 0) is 7.05 Å². The summed E-state index contributed by atoms with van der Waals surface area (Å²) in [6.45, 7) is 7.69. The van der Waals surface area contributed by atoms with Gasteiger partial charge in [0.1, 0.15) is 0 Å². The Hall–Kier alpha value is -3.92. The van der Waals surface area contributed by atoms with E-state index in [1.54, 1.807) is 23.0 Å². The topological polar surface area (TPSA) is 99.9 Å². The summed E-state index contributed by atoms with van der Waals surface area (Å²) in [5, 5.41) is 11.6. The number of rotatable bonds is 5. The number of pyridine rings is 1. The van der Waals surface area contributed by atoms with E-state index in [0.717, 1.165) is 60.8 Å². The van der Waals surface area contributed by atoms with E-state index in [2.05, 4.69) is 43.7 Å². The number of anilines is 3. The van der Waals surface area contributed by atoms with Crippen molar-refractivity contribution < 1.29 is 9.53 Å². The van der Waals surface area contributed by atoms with Gasteiger partial charge in [-0.2, -0.15) is 10.1 Å². The van der Waals surface area contributed by atoms with Crippen molar-refractivity contribution in [3.8, 4) is 17.1 Å². The van der Waals surface area contributed by atoms with Crippen LogP contribution in [0.1, 0.15) is 61.0 Å². The molecule has 2 N–H and O–H groups in total. The number of nitrogens with one attached hydrogen (secondary N) is 2. The molecule has 3 aromatic rings. The summed E-state index contributed by atoms with van der Waals surface area (Å²) in [6, 6.07) is 10.0. The van der Waals surface area contributed by atoms with Crippen molar-refractivity contribution in [2.45, 2.75) is 51.9 Å². The fourth-order valence-corrected chi connectivity index (χ4v) is 6.74. The number of aromatic nitrogens is 3. The van der Waals surface area contributed by atoms with E-state index in [1.165, 1.54) is 45.2 Å². The molecule has 4 aliphatic rings. The molecule has 2 bridgehead atoms. The fourth-order valence-electron chi connectivity index (χ4n) is 6.74. The number of hydrogen-bond acceptors (Lipinski definition) is 8. The van der Waals surface area contributed by atoms with Crippen molar-refractivity contribution in [3.63, 3.8) is 0 Å². The zero-order chi connectivity index (χ0) is 29.3. The van der Waals surface area contributed by atoms with Gasteiger partial charge in [-0.3, -0.25) is 9.78 Å². The molecular formula is C33H42N8O2.